The molecule has 0 bridgehead atoms. The van der Waals surface area contributed by atoms with Gasteiger partial charge in [-0.25, -0.2) is 10.2 Å². The van der Waals surface area contributed by atoms with Crippen LogP contribution in [0.4, 0.5) is 0 Å². The maximum Gasteiger partial charge on any atom is 0.343 e. The van der Waals surface area contributed by atoms with Gasteiger partial charge < -0.3 is 23.7 Å². The van der Waals surface area contributed by atoms with Gasteiger partial charge in [-0.05, 0) is 84.3 Å². The van der Waals surface area contributed by atoms with Crippen LogP contribution in [0.5, 0.6) is 28.7 Å². The molecule has 0 aromatic heterocycles. The van der Waals surface area contributed by atoms with Crippen molar-refractivity contribution in [3.05, 3.63) is 114 Å². The zero-order valence-electron chi connectivity index (χ0n) is 24.2. The van der Waals surface area contributed by atoms with E-state index >= 15 is 0 Å². The largest absolute Gasteiger partial charge is 0.494 e. The van der Waals surface area contributed by atoms with E-state index in [4.69, 9.17) is 23.7 Å². The van der Waals surface area contributed by atoms with E-state index in [-0.39, 0.29) is 12.4 Å². The molecule has 1 N–H and O–H groups in total. The van der Waals surface area contributed by atoms with Gasteiger partial charge >= 0.3 is 5.97 Å². The highest BCUT2D eigenvalue weighted by atomic mass is 16.6. The van der Waals surface area contributed by atoms with Crippen molar-refractivity contribution in [2.75, 3.05) is 20.3 Å². The van der Waals surface area contributed by atoms with Gasteiger partial charge in [-0.2, -0.15) is 5.10 Å². The molecule has 222 valence electrons. The fourth-order valence-electron chi connectivity index (χ4n) is 3.76. The van der Waals surface area contributed by atoms with Crippen LogP contribution in [0, 0.1) is 0 Å². The molecule has 0 atom stereocenters. The molecule has 4 rings (SSSR count). The average molecular weight is 583 g/mol. The van der Waals surface area contributed by atoms with Gasteiger partial charge in [-0.3, -0.25) is 4.79 Å². The first-order valence-corrected chi connectivity index (χ1v) is 13.9. The molecule has 43 heavy (non-hydrogen) atoms. The second kappa shape index (κ2) is 16.2. The van der Waals surface area contributed by atoms with Crippen molar-refractivity contribution < 1.29 is 33.3 Å². The van der Waals surface area contributed by atoms with Crippen molar-refractivity contribution in [3.8, 4) is 28.7 Å². The number of benzene rings is 4. The third kappa shape index (κ3) is 9.93. The number of unbranched alkanes of at least 4 members (excludes halogenated alkanes) is 1. The van der Waals surface area contributed by atoms with Crippen LogP contribution >= 0.6 is 0 Å². The van der Waals surface area contributed by atoms with Crippen LogP contribution in [0.25, 0.3) is 0 Å². The normalized spacial score (nSPS) is 10.7. The predicted molar refractivity (Wildman–Crippen MR) is 163 cm³/mol. The Kier molecular flexibility index (Phi) is 11.6. The first-order valence-electron chi connectivity index (χ1n) is 13.9. The van der Waals surface area contributed by atoms with Crippen LogP contribution in [0.2, 0.25) is 0 Å². The summed E-state index contributed by atoms with van der Waals surface area (Å²) >= 11 is 0. The highest BCUT2D eigenvalue weighted by Crippen LogP contribution is 2.28. The van der Waals surface area contributed by atoms with Gasteiger partial charge in [0.25, 0.3) is 5.91 Å². The number of rotatable bonds is 15. The summed E-state index contributed by atoms with van der Waals surface area (Å²) in [7, 11) is 1.47. The molecule has 4 aromatic rings. The Morgan fingerprint density at radius 3 is 2.16 bits per heavy atom. The van der Waals surface area contributed by atoms with Crippen LogP contribution in [0.3, 0.4) is 0 Å². The van der Waals surface area contributed by atoms with Crippen LogP contribution in [-0.2, 0) is 11.4 Å². The Labute approximate surface area is 251 Å². The zero-order valence-corrected chi connectivity index (χ0v) is 24.2. The van der Waals surface area contributed by atoms with Crippen molar-refractivity contribution in [2.45, 2.75) is 26.4 Å². The lowest BCUT2D eigenvalue weighted by Gasteiger charge is -2.10. The van der Waals surface area contributed by atoms with E-state index in [9.17, 15) is 9.59 Å². The Balaban J connectivity index is 1.22. The molecule has 4 aromatic carbocycles. The van der Waals surface area contributed by atoms with Crippen molar-refractivity contribution in [1.29, 1.82) is 0 Å². The molecule has 0 heterocycles. The van der Waals surface area contributed by atoms with Gasteiger partial charge in [0.05, 0.1) is 25.5 Å². The summed E-state index contributed by atoms with van der Waals surface area (Å²) in [5.74, 6) is 1.55. The number of ether oxygens (including phenoxy) is 5. The second-order valence-electron chi connectivity index (χ2n) is 9.35. The topological polar surface area (TPSA) is 105 Å². The standard InChI is InChI=1S/C34H34N2O7/c1-3-4-20-40-28-13-11-27(12-14-28)34(38)43-31-19-10-26(21-32(31)39-2)22-35-36-33(37)24-42-30-17-15-29(16-18-30)41-23-25-8-6-5-7-9-25/h5-19,21-22H,3-4,20,23-24H2,1-2H3,(H,36,37)/b35-22-. The van der Waals surface area contributed by atoms with Crippen molar-refractivity contribution >= 4 is 18.1 Å². The summed E-state index contributed by atoms with van der Waals surface area (Å²) in [6, 6.07) is 28.6. The molecule has 0 fully saturated rings. The molecular formula is C34H34N2O7. The number of methoxy groups -OCH3 is 1. The van der Waals surface area contributed by atoms with Crippen molar-refractivity contribution in [2.24, 2.45) is 5.10 Å². The van der Waals surface area contributed by atoms with E-state index in [1.165, 1.54) is 13.3 Å². The van der Waals surface area contributed by atoms with Crippen molar-refractivity contribution in [3.63, 3.8) is 0 Å². The van der Waals surface area contributed by atoms with Gasteiger partial charge in [0.2, 0.25) is 0 Å². The molecule has 0 aliphatic heterocycles. The summed E-state index contributed by atoms with van der Waals surface area (Å²) in [6.45, 7) is 2.97. The van der Waals surface area contributed by atoms with E-state index in [0.717, 1.165) is 18.4 Å². The fourth-order valence-corrected chi connectivity index (χ4v) is 3.76. The smallest absolute Gasteiger partial charge is 0.343 e. The van der Waals surface area contributed by atoms with Gasteiger partial charge in [-0.1, -0.05) is 43.7 Å². The summed E-state index contributed by atoms with van der Waals surface area (Å²) in [4.78, 5) is 24.8. The monoisotopic (exact) mass is 582 g/mol. The van der Waals surface area contributed by atoms with Gasteiger partial charge in [0.1, 0.15) is 23.9 Å². The molecule has 0 aliphatic rings. The summed E-state index contributed by atoms with van der Waals surface area (Å²) in [5.41, 5.74) is 4.50. The molecule has 0 saturated carbocycles. The molecule has 0 unspecified atom stereocenters. The first-order chi connectivity index (χ1) is 21.0. The van der Waals surface area contributed by atoms with Gasteiger partial charge in [0, 0.05) is 0 Å². The van der Waals surface area contributed by atoms with E-state index in [2.05, 4.69) is 17.5 Å². The minimum atomic E-state index is -0.526. The van der Waals surface area contributed by atoms with Gasteiger partial charge in [0.15, 0.2) is 18.1 Å². The quantitative estimate of drug-likeness (QED) is 0.0585. The number of hydrogen-bond donors (Lipinski definition) is 1. The molecule has 0 radical (unpaired) electrons. The number of esters is 1. The number of carbonyl (C=O) groups excluding carboxylic acids is 2. The molecule has 9 heteroatoms. The molecule has 0 aliphatic carbocycles. The molecule has 1 amide bonds. The number of nitrogens with one attached hydrogen (secondary N) is 1. The lowest BCUT2D eigenvalue weighted by Crippen LogP contribution is -2.24. The second-order valence-corrected chi connectivity index (χ2v) is 9.35. The zero-order chi connectivity index (χ0) is 30.3. The highest BCUT2D eigenvalue weighted by Gasteiger charge is 2.13. The Hall–Kier alpha value is -5.31. The first kappa shape index (κ1) is 30.6. The number of carbonyl (C=O) groups is 2. The molecular weight excluding hydrogens is 548 g/mol. The summed E-state index contributed by atoms with van der Waals surface area (Å²) in [6.07, 6.45) is 3.46. The maximum absolute atomic E-state index is 12.6. The van der Waals surface area contributed by atoms with Crippen molar-refractivity contribution in [1.82, 2.24) is 5.43 Å². The Morgan fingerprint density at radius 2 is 1.47 bits per heavy atom. The predicted octanol–water partition coefficient (Wildman–Crippen LogP) is 6.20. The van der Waals surface area contributed by atoms with Crippen LogP contribution in [-0.4, -0.2) is 38.4 Å². The SMILES string of the molecule is CCCCOc1ccc(C(=O)Oc2ccc(/C=N\NC(=O)COc3ccc(OCc4ccccc4)cc3)cc2OC)cc1. The minimum absolute atomic E-state index is 0.217. The maximum atomic E-state index is 12.6. The molecule has 9 nitrogen and oxygen atoms in total. The molecule has 0 spiro atoms. The summed E-state index contributed by atoms with van der Waals surface area (Å²) < 4.78 is 27.8. The third-order valence-corrected chi connectivity index (χ3v) is 6.09. The minimum Gasteiger partial charge on any atom is -0.494 e. The van der Waals surface area contributed by atoms with Crippen LogP contribution in [0.15, 0.2) is 102 Å². The average Bonchev–Trinajstić information content (AvgIpc) is 3.04. The van der Waals surface area contributed by atoms with E-state index in [0.29, 0.717) is 47.3 Å². The Morgan fingerprint density at radius 1 is 0.791 bits per heavy atom. The number of nitrogens with zero attached hydrogens (tertiary/aromatic N) is 1. The molecule has 0 saturated heterocycles. The Bertz CT molecular complexity index is 1490. The van der Waals surface area contributed by atoms with E-state index in [1.807, 2.05) is 30.3 Å². The highest BCUT2D eigenvalue weighted by molar-refractivity contribution is 5.92. The fraction of sp³-hybridized carbons (Fsp3) is 0.206. The number of hydrogen-bond acceptors (Lipinski definition) is 8. The van der Waals surface area contributed by atoms with Gasteiger partial charge in [-0.15, -0.1) is 0 Å². The lowest BCUT2D eigenvalue weighted by molar-refractivity contribution is -0.123. The number of amides is 1. The van der Waals surface area contributed by atoms with E-state index < -0.39 is 11.9 Å². The third-order valence-electron chi connectivity index (χ3n) is 6.09. The van der Waals surface area contributed by atoms with Crippen LogP contribution < -0.4 is 29.1 Å². The lowest BCUT2D eigenvalue weighted by atomic mass is 10.2. The number of hydrazone groups is 1. The van der Waals surface area contributed by atoms with Crippen LogP contribution in [0.1, 0.15) is 41.3 Å². The van der Waals surface area contributed by atoms with E-state index in [1.54, 1.807) is 66.7 Å². The summed E-state index contributed by atoms with van der Waals surface area (Å²) in [5, 5.41) is 3.97.